The van der Waals surface area contributed by atoms with Gasteiger partial charge in [0.25, 0.3) is 0 Å². The molecule has 0 unspecified atom stereocenters. The number of hydrogen-bond acceptors (Lipinski definition) is 1. The molecule has 3 aromatic rings. The van der Waals surface area contributed by atoms with Gasteiger partial charge < -0.3 is 4.74 Å². The van der Waals surface area contributed by atoms with E-state index in [-0.39, 0.29) is 17.7 Å². The number of benzene rings is 3. The fourth-order valence-corrected chi connectivity index (χ4v) is 2.95. The predicted molar refractivity (Wildman–Crippen MR) is 108 cm³/mol. The van der Waals surface area contributed by atoms with Gasteiger partial charge >= 0.3 is 0 Å². The van der Waals surface area contributed by atoms with Crippen LogP contribution in [-0.4, -0.2) is 6.61 Å². The van der Waals surface area contributed by atoms with E-state index in [9.17, 15) is 8.78 Å². The van der Waals surface area contributed by atoms with Gasteiger partial charge in [-0.25, -0.2) is 4.39 Å². The summed E-state index contributed by atoms with van der Waals surface area (Å²) in [5, 5.41) is 0.856. The Kier molecular flexibility index (Phi) is 6.02. The van der Waals surface area contributed by atoms with E-state index in [4.69, 9.17) is 4.74 Å². The van der Waals surface area contributed by atoms with Crippen LogP contribution >= 0.6 is 0 Å². The SMILES string of the molecule is C=CCCc1ccc(-c2ccc3cc(OCC=CC)c(F)c(F)c3c2)cc1. The summed E-state index contributed by atoms with van der Waals surface area (Å²) in [7, 11) is 0. The third-order valence-electron chi connectivity index (χ3n) is 4.48. The number of hydrogen-bond donors (Lipinski definition) is 0. The van der Waals surface area contributed by atoms with E-state index in [1.54, 1.807) is 30.4 Å². The Labute approximate surface area is 158 Å². The molecule has 27 heavy (non-hydrogen) atoms. The minimum atomic E-state index is -0.955. The summed E-state index contributed by atoms with van der Waals surface area (Å²) in [5.74, 6) is -1.91. The van der Waals surface area contributed by atoms with Crippen molar-refractivity contribution >= 4 is 10.8 Å². The zero-order valence-electron chi connectivity index (χ0n) is 15.3. The topological polar surface area (TPSA) is 9.23 Å². The van der Waals surface area contributed by atoms with Gasteiger partial charge in [-0.15, -0.1) is 6.58 Å². The first-order chi connectivity index (χ1) is 13.1. The first kappa shape index (κ1) is 18.8. The van der Waals surface area contributed by atoms with Crippen molar-refractivity contribution in [1.29, 1.82) is 0 Å². The number of halogens is 2. The molecule has 138 valence electrons. The van der Waals surface area contributed by atoms with E-state index in [1.165, 1.54) is 5.56 Å². The fraction of sp³-hybridized carbons (Fsp3) is 0.167. The average Bonchev–Trinajstić information content (AvgIpc) is 2.70. The number of ether oxygens (including phenoxy) is 1. The second-order valence-electron chi connectivity index (χ2n) is 6.34. The molecule has 0 bridgehead atoms. The summed E-state index contributed by atoms with van der Waals surface area (Å²) >= 11 is 0. The Morgan fingerprint density at radius 3 is 2.41 bits per heavy atom. The molecule has 0 radical (unpaired) electrons. The molecule has 1 nitrogen and oxygen atoms in total. The van der Waals surface area contributed by atoms with Crippen molar-refractivity contribution < 1.29 is 13.5 Å². The summed E-state index contributed by atoms with van der Waals surface area (Å²) < 4.78 is 34.2. The maximum absolute atomic E-state index is 14.6. The lowest BCUT2D eigenvalue weighted by Crippen LogP contribution is -1.99. The van der Waals surface area contributed by atoms with Crippen LogP contribution in [0, 0.1) is 11.6 Å². The van der Waals surface area contributed by atoms with E-state index >= 15 is 0 Å². The van der Waals surface area contributed by atoms with Crippen molar-refractivity contribution in [3.8, 4) is 16.9 Å². The van der Waals surface area contributed by atoms with Crippen LogP contribution in [0.15, 0.2) is 73.3 Å². The summed E-state index contributed by atoms with van der Waals surface area (Å²) in [4.78, 5) is 0. The third kappa shape index (κ3) is 4.25. The van der Waals surface area contributed by atoms with Crippen LogP contribution in [0.1, 0.15) is 18.9 Å². The Hall–Kier alpha value is -2.94. The maximum atomic E-state index is 14.6. The summed E-state index contributed by atoms with van der Waals surface area (Å²) in [6.45, 7) is 5.78. The van der Waals surface area contributed by atoms with Gasteiger partial charge in [-0.2, -0.15) is 4.39 Å². The van der Waals surface area contributed by atoms with Crippen LogP contribution in [0.2, 0.25) is 0 Å². The molecule has 0 aliphatic heterocycles. The van der Waals surface area contributed by atoms with E-state index in [0.717, 1.165) is 24.0 Å². The van der Waals surface area contributed by atoms with Gasteiger partial charge in [-0.3, -0.25) is 0 Å². The van der Waals surface area contributed by atoms with E-state index in [2.05, 4.69) is 18.7 Å². The van der Waals surface area contributed by atoms with Gasteiger partial charge in [0.05, 0.1) is 0 Å². The second kappa shape index (κ2) is 8.63. The van der Waals surface area contributed by atoms with Crippen LogP contribution in [0.4, 0.5) is 8.78 Å². The van der Waals surface area contributed by atoms with Crippen molar-refractivity contribution in [2.24, 2.45) is 0 Å². The molecule has 3 rings (SSSR count). The van der Waals surface area contributed by atoms with Crippen LogP contribution in [-0.2, 0) is 6.42 Å². The van der Waals surface area contributed by atoms with Gasteiger partial charge in [0.1, 0.15) is 6.61 Å². The molecule has 3 aromatic carbocycles. The number of aryl methyl sites for hydroxylation is 1. The highest BCUT2D eigenvalue weighted by Crippen LogP contribution is 2.32. The molecule has 0 heterocycles. The highest BCUT2D eigenvalue weighted by atomic mass is 19.2. The molecule has 0 fully saturated rings. The molecule has 0 saturated carbocycles. The molecule has 0 saturated heterocycles. The minimum absolute atomic E-state index is 0.0718. The summed E-state index contributed by atoms with van der Waals surface area (Å²) in [6, 6.07) is 15.0. The van der Waals surface area contributed by atoms with Gasteiger partial charge in [0.15, 0.2) is 11.6 Å². The van der Waals surface area contributed by atoms with Crippen molar-refractivity contribution in [2.45, 2.75) is 19.8 Å². The molecule has 0 N–H and O–H groups in total. The van der Waals surface area contributed by atoms with Crippen LogP contribution in [0.25, 0.3) is 21.9 Å². The fourth-order valence-electron chi connectivity index (χ4n) is 2.95. The van der Waals surface area contributed by atoms with Crippen LogP contribution in [0.3, 0.4) is 0 Å². The minimum Gasteiger partial charge on any atom is -0.486 e. The highest BCUT2D eigenvalue weighted by Gasteiger charge is 2.15. The van der Waals surface area contributed by atoms with Crippen molar-refractivity contribution in [2.75, 3.05) is 6.61 Å². The monoisotopic (exact) mass is 364 g/mol. The van der Waals surface area contributed by atoms with Crippen LogP contribution in [0.5, 0.6) is 5.75 Å². The maximum Gasteiger partial charge on any atom is 0.201 e. The zero-order valence-corrected chi connectivity index (χ0v) is 15.3. The molecule has 0 aromatic heterocycles. The first-order valence-electron chi connectivity index (χ1n) is 9.00. The lowest BCUT2D eigenvalue weighted by molar-refractivity contribution is 0.334. The van der Waals surface area contributed by atoms with E-state index in [1.807, 2.05) is 31.2 Å². The summed E-state index contributed by atoms with van der Waals surface area (Å²) in [6.07, 6.45) is 7.30. The predicted octanol–water partition coefficient (Wildman–Crippen LogP) is 6.86. The smallest absolute Gasteiger partial charge is 0.201 e. The normalized spacial score (nSPS) is 11.2. The Morgan fingerprint density at radius 2 is 1.70 bits per heavy atom. The standard InChI is InChI=1S/C24H22F2O/c1-3-5-7-17-8-10-18(11-9-17)19-12-13-20-16-22(27-14-6-4-2)24(26)23(25)21(20)15-19/h3-4,6,8-13,15-16H,1,5,7,14H2,2H3. The van der Waals surface area contributed by atoms with Crippen molar-refractivity contribution in [3.05, 3.63) is 90.5 Å². The largest absolute Gasteiger partial charge is 0.486 e. The second-order valence-corrected chi connectivity index (χ2v) is 6.34. The van der Waals surface area contributed by atoms with E-state index < -0.39 is 11.6 Å². The number of rotatable bonds is 7. The van der Waals surface area contributed by atoms with Gasteiger partial charge in [0, 0.05) is 5.39 Å². The molecule has 3 heteroatoms. The van der Waals surface area contributed by atoms with Gasteiger partial charge in [-0.05, 0) is 54.0 Å². The third-order valence-corrected chi connectivity index (χ3v) is 4.48. The number of allylic oxidation sites excluding steroid dienone is 2. The quantitative estimate of drug-likeness (QED) is 0.416. The van der Waals surface area contributed by atoms with Crippen LogP contribution < -0.4 is 4.74 Å². The van der Waals surface area contributed by atoms with Crippen molar-refractivity contribution in [1.82, 2.24) is 0 Å². The Morgan fingerprint density at radius 1 is 0.963 bits per heavy atom. The van der Waals surface area contributed by atoms with Crippen molar-refractivity contribution in [3.63, 3.8) is 0 Å². The first-order valence-corrected chi connectivity index (χ1v) is 9.00. The Bertz CT molecular complexity index is 972. The summed E-state index contributed by atoms with van der Waals surface area (Å²) in [5.41, 5.74) is 3.03. The molecule has 0 aliphatic rings. The molecular formula is C24H22F2O. The van der Waals surface area contributed by atoms with Gasteiger partial charge in [0.2, 0.25) is 5.82 Å². The Balaban J connectivity index is 1.94. The van der Waals surface area contributed by atoms with Gasteiger partial charge in [-0.1, -0.05) is 54.6 Å². The molecule has 0 spiro atoms. The number of fused-ring (bicyclic) bond motifs is 1. The highest BCUT2D eigenvalue weighted by molar-refractivity contribution is 5.89. The molecule has 0 amide bonds. The molecule has 0 aliphatic carbocycles. The molecular weight excluding hydrogens is 342 g/mol. The van der Waals surface area contributed by atoms with E-state index in [0.29, 0.717) is 5.39 Å². The average molecular weight is 364 g/mol. The lowest BCUT2D eigenvalue weighted by Gasteiger charge is -2.10. The molecule has 0 atom stereocenters. The zero-order chi connectivity index (χ0) is 19.2. The lowest BCUT2D eigenvalue weighted by atomic mass is 9.99.